The highest BCUT2D eigenvalue weighted by atomic mass is 32.2. The first-order valence-electron chi connectivity index (χ1n) is 7.88. The molecule has 0 aromatic carbocycles. The predicted molar refractivity (Wildman–Crippen MR) is 84.7 cm³/mol. The van der Waals surface area contributed by atoms with Gasteiger partial charge in [-0.2, -0.15) is 11.8 Å². The van der Waals surface area contributed by atoms with Gasteiger partial charge >= 0.3 is 12.0 Å². The number of hydrogen-bond acceptors (Lipinski definition) is 3. The molecule has 2 aliphatic rings. The molecule has 2 rings (SSSR count). The van der Waals surface area contributed by atoms with E-state index in [1.807, 2.05) is 11.8 Å². The number of carboxylic acids is 1. The Morgan fingerprint density at radius 1 is 1.19 bits per heavy atom. The summed E-state index contributed by atoms with van der Waals surface area (Å²) in [6.07, 6.45) is 10.2. The van der Waals surface area contributed by atoms with Gasteiger partial charge in [-0.15, -0.1) is 0 Å². The number of urea groups is 1. The monoisotopic (exact) mass is 314 g/mol. The van der Waals surface area contributed by atoms with Crippen LogP contribution in [0.2, 0.25) is 0 Å². The van der Waals surface area contributed by atoms with E-state index in [4.69, 9.17) is 5.11 Å². The Bertz CT molecular complexity index is 383. The molecule has 0 aromatic heterocycles. The van der Waals surface area contributed by atoms with Crippen LogP contribution in [-0.4, -0.2) is 40.2 Å². The average Bonchev–Trinajstić information content (AvgIpc) is 2.86. The predicted octanol–water partition coefficient (Wildman–Crippen LogP) is 2.75. The zero-order valence-electron chi connectivity index (χ0n) is 12.7. The maximum atomic E-state index is 12.3. The number of thioether (sulfide) groups is 1. The second-order valence-corrected chi connectivity index (χ2v) is 7.40. The van der Waals surface area contributed by atoms with Crippen molar-refractivity contribution in [3.63, 3.8) is 0 Å². The van der Waals surface area contributed by atoms with Crippen LogP contribution in [0.5, 0.6) is 0 Å². The van der Waals surface area contributed by atoms with Gasteiger partial charge in [0.05, 0.1) is 12.0 Å². The highest BCUT2D eigenvalue weighted by molar-refractivity contribution is 7.99. The summed E-state index contributed by atoms with van der Waals surface area (Å²) in [5, 5.41) is 15.6. The van der Waals surface area contributed by atoms with E-state index >= 15 is 0 Å². The van der Waals surface area contributed by atoms with E-state index in [9.17, 15) is 9.59 Å². The Balaban J connectivity index is 1.91. The molecule has 3 N–H and O–H groups in total. The van der Waals surface area contributed by atoms with Crippen LogP contribution in [0.25, 0.3) is 0 Å². The van der Waals surface area contributed by atoms with Gasteiger partial charge in [-0.05, 0) is 31.9 Å². The fourth-order valence-electron chi connectivity index (χ4n) is 3.68. The van der Waals surface area contributed by atoms with E-state index in [1.165, 1.54) is 6.42 Å². The first-order valence-corrected chi connectivity index (χ1v) is 9.17. The van der Waals surface area contributed by atoms with Crippen molar-refractivity contribution in [2.45, 2.75) is 74.6 Å². The maximum Gasteiger partial charge on any atom is 0.315 e. The molecule has 0 bridgehead atoms. The molecule has 2 aliphatic carbocycles. The van der Waals surface area contributed by atoms with Crippen LogP contribution in [0.4, 0.5) is 4.79 Å². The zero-order chi connectivity index (χ0) is 15.3. The molecule has 0 radical (unpaired) electrons. The number of hydrogen-bond donors (Lipinski definition) is 3. The number of carbonyl (C=O) groups excluding carboxylic acids is 1. The molecule has 2 amide bonds. The van der Waals surface area contributed by atoms with Crippen LogP contribution < -0.4 is 10.6 Å². The molecule has 6 heteroatoms. The molecule has 0 aromatic rings. The van der Waals surface area contributed by atoms with Gasteiger partial charge in [0.25, 0.3) is 0 Å². The minimum atomic E-state index is -0.836. The molecule has 2 fully saturated rings. The molecule has 0 saturated heterocycles. The van der Waals surface area contributed by atoms with Gasteiger partial charge in [0.2, 0.25) is 0 Å². The molecule has 2 saturated carbocycles. The van der Waals surface area contributed by atoms with Crippen LogP contribution in [0.15, 0.2) is 0 Å². The molecular weight excluding hydrogens is 288 g/mol. The minimum Gasteiger partial charge on any atom is -0.481 e. The van der Waals surface area contributed by atoms with E-state index in [-0.39, 0.29) is 18.5 Å². The Morgan fingerprint density at radius 3 is 2.48 bits per heavy atom. The summed E-state index contributed by atoms with van der Waals surface area (Å²) < 4.78 is 0. The first kappa shape index (κ1) is 16.5. The fraction of sp³-hybridized carbons (Fsp3) is 0.867. The summed E-state index contributed by atoms with van der Waals surface area (Å²) in [7, 11) is 0. The van der Waals surface area contributed by atoms with Gasteiger partial charge in [0.15, 0.2) is 0 Å². The smallest absolute Gasteiger partial charge is 0.315 e. The number of carbonyl (C=O) groups is 2. The molecule has 0 spiro atoms. The Hall–Kier alpha value is -0.910. The van der Waals surface area contributed by atoms with Crippen molar-refractivity contribution in [3.8, 4) is 0 Å². The number of carboxylic acid groups (broad SMARTS) is 1. The van der Waals surface area contributed by atoms with Crippen LogP contribution in [0, 0.1) is 0 Å². The van der Waals surface area contributed by atoms with E-state index < -0.39 is 11.5 Å². The van der Waals surface area contributed by atoms with E-state index in [2.05, 4.69) is 16.9 Å². The topological polar surface area (TPSA) is 78.4 Å². The summed E-state index contributed by atoms with van der Waals surface area (Å²) in [5.41, 5.74) is -0.542. The third-order valence-electron chi connectivity index (χ3n) is 4.75. The summed E-state index contributed by atoms with van der Waals surface area (Å²) >= 11 is 1.81. The van der Waals surface area contributed by atoms with Gasteiger partial charge in [0, 0.05) is 11.3 Å². The standard InChI is InChI=1S/C15H26N2O3S/c1-21-12-7-3-2-6-11(12)16-14(20)17-15(10-13(18)19)8-4-5-9-15/h11-12H,2-10H2,1H3,(H,18,19)(H2,16,17,20). The van der Waals surface area contributed by atoms with Crippen molar-refractivity contribution >= 4 is 23.8 Å². The molecule has 120 valence electrons. The first-order chi connectivity index (χ1) is 10.0. The third kappa shape index (κ3) is 4.53. The van der Waals surface area contributed by atoms with E-state index in [1.54, 1.807) is 0 Å². The van der Waals surface area contributed by atoms with Crippen LogP contribution in [0.3, 0.4) is 0 Å². The molecule has 0 heterocycles. The van der Waals surface area contributed by atoms with E-state index in [0.717, 1.165) is 44.9 Å². The SMILES string of the molecule is CSC1CCCCC1NC(=O)NC1(CC(=O)O)CCCC1. The van der Waals surface area contributed by atoms with Crippen molar-refractivity contribution in [2.24, 2.45) is 0 Å². The van der Waals surface area contributed by atoms with Crippen molar-refractivity contribution in [1.82, 2.24) is 10.6 Å². The Morgan fingerprint density at radius 2 is 1.86 bits per heavy atom. The molecule has 21 heavy (non-hydrogen) atoms. The summed E-state index contributed by atoms with van der Waals surface area (Å²) in [6, 6.07) is 0.0149. The van der Waals surface area contributed by atoms with Gasteiger partial charge in [0.1, 0.15) is 0 Å². The normalized spacial score (nSPS) is 28.0. The molecule has 5 nitrogen and oxygen atoms in total. The molecule has 2 atom stereocenters. The lowest BCUT2D eigenvalue weighted by Gasteiger charge is -2.34. The lowest BCUT2D eigenvalue weighted by Crippen LogP contribution is -2.55. The summed E-state index contributed by atoms with van der Waals surface area (Å²) in [4.78, 5) is 23.3. The summed E-state index contributed by atoms with van der Waals surface area (Å²) in [5.74, 6) is -0.836. The van der Waals surface area contributed by atoms with Gasteiger partial charge < -0.3 is 15.7 Å². The van der Waals surface area contributed by atoms with Crippen molar-refractivity contribution in [3.05, 3.63) is 0 Å². The highest BCUT2D eigenvalue weighted by Crippen LogP contribution is 2.33. The van der Waals surface area contributed by atoms with Gasteiger partial charge in [-0.1, -0.05) is 25.7 Å². The van der Waals surface area contributed by atoms with Crippen LogP contribution in [-0.2, 0) is 4.79 Å². The lowest BCUT2D eigenvalue weighted by atomic mass is 9.93. The van der Waals surface area contributed by atoms with Crippen LogP contribution in [0.1, 0.15) is 57.8 Å². The highest BCUT2D eigenvalue weighted by Gasteiger charge is 2.38. The Kier molecular flexibility index (Phi) is 5.79. The second kappa shape index (κ2) is 7.38. The molecule has 0 aliphatic heterocycles. The van der Waals surface area contributed by atoms with E-state index in [0.29, 0.717) is 5.25 Å². The number of aliphatic carboxylic acids is 1. The van der Waals surface area contributed by atoms with Crippen molar-refractivity contribution in [1.29, 1.82) is 0 Å². The van der Waals surface area contributed by atoms with Gasteiger partial charge in [-0.25, -0.2) is 4.79 Å². The van der Waals surface area contributed by atoms with Crippen molar-refractivity contribution < 1.29 is 14.7 Å². The van der Waals surface area contributed by atoms with Gasteiger partial charge in [-0.3, -0.25) is 4.79 Å². The molecule has 2 unspecified atom stereocenters. The number of rotatable bonds is 5. The minimum absolute atomic E-state index is 0.0248. The van der Waals surface area contributed by atoms with Crippen molar-refractivity contribution in [2.75, 3.05) is 6.26 Å². The zero-order valence-corrected chi connectivity index (χ0v) is 13.5. The fourth-order valence-corrected chi connectivity index (χ4v) is 4.61. The number of nitrogens with one attached hydrogen (secondary N) is 2. The molecular formula is C15H26N2O3S. The lowest BCUT2D eigenvalue weighted by molar-refractivity contribution is -0.138. The number of amides is 2. The quantitative estimate of drug-likeness (QED) is 0.729. The Labute approximate surface area is 130 Å². The average molecular weight is 314 g/mol. The summed E-state index contributed by atoms with van der Waals surface area (Å²) in [6.45, 7) is 0. The maximum absolute atomic E-state index is 12.3. The largest absolute Gasteiger partial charge is 0.481 e. The third-order valence-corrected chi connectivity index (χ3v) is 5.92. The second-order valence-electron chi connectivity index (χ2n) is 6.32. The van der Waals surface area contributed by atoms with Crippen LogP contribution >= 0.6 is 11.8 Å².